The second-order valence-electron chi connectivity index (χ2n) is 2.88. The Morgan fingerprint density at radius 3 is 2.50 bits per heavy atom. The molecular formula is C10H7Cl3O5. The second-order valence-corrected chi connectivity index (χ2v) is 4.03. The number of ether oxygens (including phenoxy) is 3. The predicted molar refractivity (Wildman–Crippen MR) is 65.3 cm³/mol. The quantitative estimate of drug-likeness (QED) is 0.474. The summed E-state index contributed by atoms with van der Waals surface area (Å²) in [5.41, 5.74) is -1.07. The highest BCUT2D eigenvalue weighted by molar-refractivity contribution is 6.61. The molecule has 0 amide bonds. The van der Waals surface area contributed by atoms with E-state index < -0.39 is 18.2 Å². The first-order valence-electron chi connectivity index (χ1n) is 4.55. The Morgan fingerprint density at radius 2 is 1.89 bits per heavy atom. The molecule has 0 spiro atoms. The van der Waals surface area contributed by atoms with Crippen molar-refractivity contribution in [2.75, 3.05) is 13.4 Å². The van der Waals surface area contributed by atoms with Crippen LogP contribution in [0.4, 0.5) is 4.79 Å². The first-order valence-corrected chi connectivity index (χ1v) is 5.68. The smallest absolute Gasteiger partial charge is 0.406 e. The fraction of sp³-hybridized carbons (Fsp3) is 0.200. The molecule has 0 unspecified atom stereocenters. The SMILES string of the molecule is O=C(Cl)OCOC(=O)COc1ccc(Cl)cc1Cl. The number of halogens is 3. The van der Waals surface area contributed by atoms with E-state index in [-0.39, 0.29) is 17.4 Å². The number of hydrogen-bond donors (Lipinski definition) is 0. The van der Waals surface area contributed by atoms with Crippen molar-refractivity contribution in [1.29, 1.82) is 0 Å². The third-order valence-corrected chi connectivity index (χ3v) is 2.27. The van der Waals surface area contributed by atoms with Gasteiger partial charge in [0.05, 0.1) is 5.02 Å². The zero-order chi connectivity index (χ0) is 13.5. The lowest BCUT2D eigenvalue weighted by atomic mass is 10.3. The Labute approximate surface area is 117 Å². The molecule has 1 aromatic carbocycles. The summed E-state index contributed by atoms with van der Waals surface area (Å²) in [5, 5.41) is 0.714. The van der Waals surface area contributed by atoms with Crippen molar-refractivity contribution in [3.05, 3.63) is 28.2 Å². The van der Waals surface area contributed by atoms with Crippen molar-refractivity contribution in [2.45, 2.75) is 0 Å². The van der Waals surface area contributed by atoms with Crippen LogP contribution in [0.25, 0.3) is 0 Å². The summed E-state index contributed by atoms with van der Waals surface area (Å²) in [7, 11) is 0. The van der Waals surface area contributed by atoms with E-state index in [1.54, 1.807) is 6.07 Å². The van der Waals surface area contributed by atoms with Gasteiger partial charge in [-0.3, -0.25) is 0 Å². The highest BCUT2D eigenvalue weighted by Crippen LogP contribution is 2.27. The van der Waals surface area contributed by atoms with Gasteiger partial charge in [0, 0.05) is 16.6 Å². The monoisotopic (exact) mass is 312 g/mol. The normalized spacial score (nSPS) is 9.72. The number of esters is 1. The van der Waals surface area contributed by atoms with Crippen molar-refractivity contribution >= 4 is 46.2 Å². The van der Waals surface area contributed by atoms with Crippen LogP contribution in [0.1, 0.15) is 0 Å². The summed E-state index contributed by atoms with van der Waals surface area (Å²) in [6, 6.07) is 4.54. The van der Waals surface area contributed by atoms with Gasteiger partial charge in [-0.2, -0.15) is 0 Å². The maximum Gasteiger partial charge on any atom is 0.406 e. The van der Waals surface area contributed by atoms with E-state index in [1.165, 1.54) is 12.1 Å². The maximum absolute atomic E-state index is 11.1. The van der Waals surface area contributed by atoms with Crippen LogP contribution in [0.3, 0.4) is 0 Å². The van der Waals surface area contributed by atoms with Crippen LogP contribution in [-0.4, -0.2) is 24.8 Å². The molecular weight excluding hydrogens is 306 g/mol. The lowest BCUT2D eigenvalue weighted by Crippen LogP contribution is -2.17. The molecule has 0 aliphatic rings. The van der Waals surface area contributed by atoms with Crippen LogP contribution < -0.4 is 4.74 Å². The van der Waals surface area contributed by atoms with E-state index in [0.29, 0.717) is 5.02 Å². The number of hydrogen-bond acceptors (Lipinski definition) is 5. The fourth-order valence-corrected chi connectivity index (χ4v) is 1.42. The Hall–Kier alpha value is -1.17. The first-order chi connectivity index (χ1) is 8.49. The first kappa shape index (κ1) is 14.9. The number of benzene rings is 1. The van der Waals surface area contributed by atoms with Gasteiger partial charge in [-0.1, -0.05) is 23.2 Å². The van der Waals surface area contributed by atoms with Gasteiger partial charge in [0.1, 0.15) is 5.75 Å². The summed E-state index contributed by atoms with van der Waals surface area (Å²) in [6.45, 7) is -0.958. The summed E-state index contributed by atoms with van der Waals surface area (Å²) in [4.78, 5) is 21.3. The predicted octanol–water partition coefficient (Wildman–Crippen LogP) is 3.25. The summed E-state index contributed by atoms with van der Waals surface area (Å²) < 4.78 is 13.7. The lowest BCUT2D eigenvalue weighted by Gasteiger charge is -2.08. The van der Waals surface area contributed by atoms with Crippen LogP contribution in [-0.2, 0) is 14.3 Å². The van der Waals surface area contributed by atoms with Gasteiger partial charge in [-0.15, -0.1) is 0 Å². The van der Waals surface area contributed by atoms with E-state index in [1.807, 2.05) is 0 Å². The van der Waals surface area contributed by atoms with E-state index in [2.05, 4.69) is 9.47 Å². The molecule has 98 valence electrons. The standard InChI is InChI=1S/C10H7Cl3O5/c11-6-1-2-8(7(12)3-6)16-4-9(14)17-5-18-10(13)15/h1-3H,4-5H2. The molecule has 0 radical (unpaired) electrons. The molecule has 1 rings (SSSR count). The van der Waals surface area contributed by atoms with Gasteiger partial charge in [0.25, 0.3) is 0 Å². The largest absolute Gasteiger partial charge is 0.480 e. The van der Waals surface area contributed by atoms with Crippen LogP contribution in [0.15, 0.2) is 18.2 Å². The summed E-state index contributed by atoms with van der Waals surface area (Å²) in [5.74, 6) is -0.453. The van der Waals surface area contributed by atoms with Crippen molar-refractivity contribution in [3.63, 3.8) is 0 Å². The molecule has 0 bridgehead atoms. The number of carbonyl (C=O) groups is 2. The molecule has 5 nitrogen and oxygen atoms in total. The van der Waals surface area contributed by atoms with Gasteiger partial charge in [-0.05, 0) is 18.2 Å². The van der Waals surface area contributed by atoms with Crippen LogP contribution in [0, 0.1) is 0 Å². The van der Waals surface area contributed by atoms with Gasteiger partial charge in [-0.25, -0.2) is 9.59 Å². The molecule has 8 heteroatoms. The van der Waals surface area contributed by atoms with Crippen LogP contribution >= 0.6 is 34.8 Å². The van der Waals surface area contributed by atoms with E-state index in [0.717, 1.165) is 0 Å². The molecule has 1 aromatic rings. The lowest BCUT2D eigenvalue weighted by molar-refractivity contribution is -0.153. The van der Waals surface area contributed by atoms with Gasteiger partial charge in [0.15, 0.2) is 6.61 Å². The third kappa shape index (κ3) is 5.44. The minimum Gasteiger partial charge on any atom is -0.480 e. The maximum atomic E-state index is 11.1. The second kappa shape index (κ2) is 7.31. The number of rotatable bonds is 5. The highest BCUT2D eigenvalue weighted by Gasteiger charge is 2.08. The van der Waals surface area contributed by atoms with Crippen molar-refractivity contribution in [1.82, 2.24) is 0 Å². The molecule has 0 saturated carbocycles. The molecule has 0 heterocycles. The van der Waals surface area contributed by atoms with Crippen LogP contribution in [0.5, 0.6) is 5.75 Å². The Kier molecular flexibility index (Phi) is 6.04. The highest BCUT2D eigenvalue weighted by atomic mass is 35.5. The van der Waals surface area contributed by atoms with Crippen molar-refractivity contribution < 1.29 is 23.8 Å². The Bertz CT molecular complexity index is 449. The molecule has 0 saturated heterocycles. The molecule has 0 fully saturated rings. The fourth-order valence-electron chi connectivity index (χ4n) is 0.912. The van der Waals surface area contributed by atoms with E-state index >= 15 is 0 Å². The minimum absolute atomic E-state index is 0.266. The average molecular weight is 314 g/mol. The zero-order valence-corrected chi connectivity index (χ0v) is 11.1. The zero-order valence-electron chi connectivity index (χ0n) is 8.82. The molecule has 0 aromatic heterocycles. The molecule has 0 N–H and O–H groups in total. The molecule has 0 aliphatic carbocycles. The van der Waals surface area contributed by atoms with Crippen molar-refractivity contribution in [2.24, 2.45) is 0 Å². The van der Waals surface area contributed by atoms with Crippen molar-refractivity contribution in [3.8, 4) is 5.75 Å². The van der Waals surface area contributed by atoms with E-state index in [9.17, 15) is 9.59 Å². The van der Waals surface area contributed by atoms with Gasteiger partial charge >= 0.3 is 11.4 Å². The summed E-state index contributed by atoms with van der Waals surface area (Å²) in [6.07, 6.45) is 0. The van der Waals surface area contributed by atoms with Gasteiger partial charge < -0.3 is 14.2 Å². The number of carbonyl (C=O) groups excluding carboxylic acids is 2. The Balaban J connectivity index is 2.36. The minimum atomic E-state index is -1.07. The molecule has 0 atom stereocenters. The molecule has 18 heavy (non-hydrogen) atoms. The van der Waals surface area contributed by atoms with Crippen LogP contribution in [0.2, 0.25) is 10.0 Å². The molecule has 0 aliphatic heterocycles. The topological polar surface area (TPSA) is 61.8 Å². The Morgan fingerprint density at radius 1 is 1.17 bits per heavy atom. The average Bonchev–Trinajstić information content (AvgIpc) is 2.27. The summed E-state index contributed by atoms with van der Waals surface area (Å²) >= 11 is 16.4. The third-order valence-electron chi connectivity index (χ3n) is 1.63. The van der Waals surface area contributed by atoms with E-state index in [4.69, 9.17) is 39.5 Å². The van der Waals surface area contributed by atoms with Gasteiger partial charge in [0.2, 0.25) is 6.79 Å².